The Bertz CT molecular complexity index is 551. The quantitative estimate of drug-likeness (QED) is 0.758. The highest BCUT2D eigenvalue weighted by atomic mass is 32.1. The summed E-state index contributed by atoms with van der Waals surface area (Å²) < 4.78 is 0. The second-order valence-electron chi connectivity index (χ2n) is 5.15. The van der Waals surface area contributed by atoms with Gasteiger partial charge in [0.2, 0.25) is 5.91 Å². The third kappa shape index (κ3) is 6.08. The van der Waals surface area contributed by atoms with Crippen LogP contribution in [0.4, 0.5) is 0 Å². The van der Waals surface area contributed by atoms with Crippen molar-refractivity contribution in [2.45, 2.75) is 39.0 Å². The number of aryl methyl sites for hydroxylation is 2. The summed E-state index contributed by atoms with van der Waals surface area (Å²) in [6.07, 6.45) is 4.48. The van der Waals surface area contributed by atoms with E-state index in [0.29, 0.717) is 13.0 Å². The number of thiazole rings is 1. The molecule has 0 spiro atoms. The summed E-state index contributed by atoms with van der Waals surface area (Å²) >= 11 is 1.65. The van der Waals surface area contributed by atoms with E-state index in [2.05, 4.69) is 39.9 Å². The molecule has 21 heavy (non-hydrogen) atoms. The smallest absolute Gasteiger partial charge is 0.220 e. The van der Waals surface area contributed by atoms with Gasteiger partial charge < -0.3 is 5.32 Å². The molecule has 0 bridgehead atoms. The van der Waals surface area contributed by atoms with Gasteiger partial charge in [-0.3, -0.25) is 4.79 Å². The number of nitrogens with zero attached hydrogens (tertiary/aromatic N) is 1. The second kappa shape index (κ2) is 8.57. The highest BCUT2D eigenvalue weighted by molar-refractivity contribution is 7.09. The Morgan fingerprint density at radius 3 is 2.71 bits per heavy atom. The van der Waals surface area contributed by atoms with Crippen LogP contribution >= 0.6 is 11.3 Å². The average molecular weight is 302 g/mol. The van der Waals surface area contributed by atoms with E-state index in [1.807, 2.05) is 13.0 Å². The van der Waals surface area contributed by atoms with Crippen molar-refractivity contribution in [2.24, 2.45) is 0 Å². The molecule has 1 heterocycles. The summed E-state index contributed by atoms with van der Waals surface area (Å²) in [5.74, 6) is 0.148. The maximum absolute atomic E-state index is 11.7. The average Bonchev–Trinajstić information content (AvgIpc) is 2.90. The van der Waals surface area contributed by atoms with E-state index in [1.54, 1.807) is 11.3 Å². The number of carbonyl (C=O) groups is 1. The largest absolute Gasteiger partial charge is 0.356 e. The van der Waals surface area contributed by atoms with Gasteiger partial charge in [-0.1, -0.05) is 30.3 Å². The number of aromatic nitrogens is 1. The van der Waals surface area contributed by atoms with Crippen LogP contribution in [0.15, 0.2) is 35.7 Å². The van der Waals surface area contributed by atoms with Gasteiger partial charge in [-0.05, 0) is 31.7 Å². The van der Waals surface area contributed by atoms with Crippen LogP contribution in [0.25, 0.3) is 0 Å². The summed E-state index contributed by atoms with van der Waals surface area (Å²) in [6, 6.07) is 10.4. The molecular weight excluding hydrogens is 280 g/mol. The van der Waals surface area contributed by atoms with Crippen LogP contribution in [0.1, 0.15) is 35.5 Å². The first-order valence-electron chi connectivity index (χ1n) is 7.45. The monoisotopic (exact) mass is 302 g/mol. The third-order valence-corrected chi connectivity index (χ3v) is 4.15. The zero-order valence-corrected chi connectivity index (χ0v) is 13.3. The lowest BCUT2D eigenvalue weighted by molar-refractivity contribution is -0.121. The highest BCUT2D eigenvalue weighted by Crippen LogP contribution is 2.08. The van der Waals surface area contributed by atoms with E-state index >= 15 is 0 Å². The van der Waals surface area contributed by atoms with Crippen molar-refractivity contribution >= 4 is 17.2 Å². The molecule has 0 radical (unpaired) electrons. The van der Waals surface area contributed by atoms with E-state index in [-0.39, 0.29) is 5.91 Å². The Labute approximate surface area is 130 Å². The molecule has 1 N–H and O–H groups in total. The van der Waals surface area contributed by atoms with Gasteiger partial charge in [0.1, 0.15) is 0 Å². The van der Waals surface area contributed by atoms with Crippen molar-refractivity contribution in [1.29, 1.82) is 0 Å². The van der Waals surface area contributed by atoms with Crippen LogP contribution in [-0.4, -0.2) is 17.4 Å². The molecule has 0 aliphatic rings. The standard InChI is InChI=1S/C17H22N2OS/c1-14-19-16(13-21-14)11-12-18-17(20)10-6-5-9-15-7-3-2-4-8-15/h2-4,7-8,13H,5-6,9-12H2,1H3,(H,18,20). The van der Waals surface area contributed by atoms with E-state index in [1.165, 1.54) is 5.56 Å². The van der Waals surface area contributed by atoms with Crippen molar-refractivity contribution in [3.63, 3.8) is 0 Å². The number of hydrogen-bond donors (Lipinski definition) is 1. The van der Waals surface area contributed by atoms with Gasteiger partial charge in [0.05, 0.1) is 10.7 Å². The number of benzene rings is 1. The molecule has 0 saturated carbocycles. The molecule has 1 aromatic carbocycles. The number of nitrogens with one attached hydrogen (secondary N) is 1. The summed E-state index contributed by atoms with van der Waals surface area (Å²) in [4.78, 5) is 16.1. The lowest BCUT2D eigenvalue weighted by atomic mass is 10.1. The van der Waals surface area contributed by atoms with Crippen LogP contribution in [0.3, 0.4) is 0 Å². The predicted octanol–water partition coefficient (Wildman–Crippen LogP) is 3.52. The fourth-order valence-electron chi connectivity index (χ4n) is 2.20. The Morgan fingerprint density at radius 1 is 1.19 bits per heavy atom. The topological polar surface area (TPSA) is 42.0 Å². The number of amides is 1. The number of hydrogen-bond acceptors (Lipinski definition) is 3. The van der Waals surface area contributed by atoms with E-state index in [0.717, 1.165) is 36.4 Å². The van der Waals surface area contributed by atoms with Crippen LogP contribution in [-0.2, 0) is 17.6 Å². The Balaban J connectivity index is 1.53. The van der Waals surface area contributed by atoms with Gasteiger partial charge in [-0.25, -0.2) is 4.98 Å². The molecule has 112 valence electrons. The van der Waals surface area contributed by atoms with Crippen LogP contribution in [0, 0.1) is 6.92 Å². The SMILES string of the molecule is Cc1nc(CCNC(=O)CCCCc2ccccc2)cs1. The van der Waals surface area contributed by atoms with Crippen LogP contribution < -0.4 is 5.32 Å². The van der Waals surface area contributed by atoms with Crippen molar-refractivity contribution in [1.82, 2.24) is 10.3 Å². The maximum atomic E-state index is 11.7. The highest BCUT2D eigenvalue weighted by Gasteiger charge is 2.02. The number of carbonyl (C=O) groups excluding carboxylic acids is 1. The van der Waals surface area contributed by atoms with Crippen molar-refractivity contribution in [3.8, 4) is 0 Å². The van der Waals surface area contributed by atoms with Crippen molar-refractivity contribution in [3.05, 3.63) is 52.0 Å². The van der Waals surface area contributed by atoms with Gasteiger partial charge in [-0.15, -0.1) is 11.3 Å². The van der Waals surface area contributed by atoms with Gasteiger partial charge in [-0.2, -0.15) is 0 Å². The first-order valence-corrected chi connectivity index (χ1v) is 8.33. The Hall–Kier alpha value is -1.68. The minimum absolute atomic E-state index is 0.148. The van der Waals surface area contributed by atoms with Gasteiger partial charge in [0.25, 0.3) is 0 Å². The minimum atomic E-state index is 0.148. The fraction of sp³-hybridized carbons (Fsp3) is 0.412. The normalized spacial score (nSPS) is 10.5. The molecule has 0 atom stereocenters. The molecule has 2 rings (SSSR count). The third-order valence-electron chi connectivity index (χ3n) is 3.33. The Morgan fingerprint density at radius 2 is 2.00 bits per heavy atom. The number of rotatable bonds is 8. The first kappa shape index (κ1) is 15.7. The maximum Gasteiger partial charge on any atom is 0.220 e. The van der Waals surface area contributed by atoms with Crippen LogP contribution in [0.2, 0.25) is 0 Å². The molecule has 0 aliphatic heterocycles. The molecule has 1 amide bonds. The number of unbranched alkanes of at least 4 members (excludes halogenated alkanes) is 1. The van der Waals surface area contributed by atoms with E-state index in [9.17, 15) is 4.79 Å². The summed E-state index contributed by atoms with van der Waals surface area (Å²) in [6.45, 7) is 2.68. The summed E-state index contributed by atoms with van der Waals surface area (Å²) in [5, 5.41) is 6.10. The van der Waals surface area contributed by atoms with Gasteiger partial charge in [0, 0.05) is 24.8 Å². The summed E-state index contributed by atoms with van der Waals surface area (Å²) in [7, 11) is 0. The molecule has 0 aliphatic carbocycles. The van der Waals surface area contributed by atoms with Gasteiger partial charge >= 0.3 is 0 Å². The predicted molar refractivity (Wildman–Crippen MR) is 87.6 cm³/mol. The zero-order chi connectivity index (χ0) is 14.9. The van der Waals surface area contributed by atoms with Crippen LogP contribution in [0.5, 0.6) is 0 Å². The van der Waals surface area contributed by atoms with Crippen molar-refractivity contribution in [2.75, 3.05) is 6.54 Å². The Kier molecular flexibility index (Phi) is 6.41. The minimum Gasteiger partial charge on any atom is -0.356 e. The molecule has 0 saturated heterocycles. The molecule has 0 fully saturated rings. The summed E-state index contributed by atoms with van der Waals surface area (Å²) in [5.41, 5.74) is 2.42. The molecular formula is C17H22N2OS. The molecule has 4 heteroatoms. The molecule has 3 nitrogen and oxygen atoms in total. The van der Waals surface area contributed by atoms with E-state index in [4.69, 9.17) is 0 Å². The molecule has 0 unspecified atom stereocenters. The van der Waals surface area contributed by atoms with Gasteiger partial charge in [0.15, 0.2) is 0 Å². The fourth-order valence-corrected chi connectivity index (χ4v) is 2.85. The lowest BCUT2D eigenvalue weighted by Gasteiger charge is -2.04. The molecule has 2 aromatic rings. The second-order valence-corrected chi connectivity index (χ2v) is 6.21. The molecule has 1 aromatic heterocycles. The van der Waals surface area contributed by atoms with Crippen molar-refractivity contribution < 1.29 is 4.79 Å². The van der Waals surface area contributed by atoms with E-state index < -0.39 is 0 Å². The zero-order valence-electron chi connectivity index (χ0n) is 12.5. The first-order chi connectivity index (χ1) is 10.2. The lowest BCUT2D eigenvalue weighted by Crippen LogP contribution is -2.25.